The quantitative estimate of drug-likeness (QED) is 0.315. The van der Waals surface area contributed by atoms with Gasteiger partial charge in [-0.15, -0.1) is 0 Å². The number of esters is 1. The summed E-state index contributed by atoms with van der Waals surface area (Å²) in [5.74, 6) is -1.81. The molecule has 0 N–H and O–H groups in total. The van der Waals surface area contributed by atoms with Crippen molar-refractivity contribution in [1.29, 1.82) is 0 Å². The Balaban J connectivity index is 2.23. The highest BCUT2D eigenvalue weighted by molar-refractivity contribution is 5.86. The lowest BCUT2D eigenvalue weighted by Crippen LogP contribution is -2.34. The second-order valence-electron chi connectivity index (χ2n) is 7.21. The summed E-state index contributed by atoms with van der Waals surface area (Å²) in [6.45, 7) is 0. The fourth-order valence-electron chi connectivity index (χ4n) is 3.54. The molecule has 34 heavy (non-hydrogen) atoms. The molecule has 1 heterocycles. The van der Waals surface area contributed by atoms with E-state index in [1.54, 1.807) is 0 Å². The molecular weight excluding hydrogens is 469 g/mol. The average Bonchev–Trinajstić information content (AvgIpc) is 2.78. The number of nitrogens with zero attached hydrogens (tertiary/aromatic N) is 2. The third-order valence-electron chi connectivity index (χ3n) is 5.14. The molecule has 0 aliphatic heterocycles. The van der Waals surface area contributed by atoms with Crippen LogP contribution in [-0.4, -0.2) is 25.1 Å². The Morgan fingerprint density at radius 2 is 1.65 bits per heavy atom. The molecule has 0 bridgehead atoms. The third-order valence-corrected chi connectivity index (χ3v) is 5.14. The predicted molar refractivity (Wildman–Crippen MR) is 109 cm³/mol. The lowest BCUT2D eigenvalue weighted by atomic mass is 9.95. The monoisotopic (exact) mass is 486 g/mol. The van der Waals surface area contributed by atoms with Crippen LogP contribution in [-0.2, 0) is 21.9 Å². The van der Waals surface area contributed by atoms with Crippen molar-refractivity contribution in [2.45, 2.75) is 18.4 Å². The summed E-state index contributed by atoms with van der Waals surface area (Å²) in [5.41, 5.74) is -3.61. The molecule has 180 valence electrons. The topological polar surface area (TPSA) is 42.4 Å². The number of alkyl halides is 6. The first-order valence-corrected chi connectivity index (χ1v) is 9.64. The van der Waals surface area contributed by atoms with E-state index < -0.39 is 46.9 Å². The van der Waals surface area contributed by atoms with Crippen LogP contribution in [0.3, 0.4) is 0 Å². The number of likely N-dealkylation sites (N-methyl/N-ethyl adjacent to an activating group) is 1. The molecule has 3 aromatic rings. The van der Waals surface area contributed by atoms with Crippen molar-refractivity contribution in [2.75, 3.05) is 19.1 Å². The number of carbonyl (C=O) groups is 1. The Morgan fingerprint density at radius 3 is 2.24 bits per heavy atom. The van der Waals surface area contributed by atoms with Gasteiger partial charge < -0.3 is 9.64 Å². The number of methoxy groups -OCH3 is 1. The van der Waals surface area contributed by atoms with Crippen LogP contribution in [0.4, 0.5) is 36.4 Å². The van der Waals surface area contributed by atoms with Gasteiger partial charge in [0.15, 0.2) is 6.04 Å². The van der Waals surface area contributed by atoms with Crippen LogP contribution in [0.2, 0.25) is 0 Å². The maximum absolute atomic E-state index is 14.5. The summed E-state index contributed by atoms with van der Waals surface area (Å²) in [4.78, 5) is 17.6. The van der Waals surface area contributed by atoms with E-state index in [-0.39, 0.29) is 22.9 Å². The molecule has 2 aromatic carbocycles. The van der Waals surface area contributed by atoms with Crippen molar-refractivity contribution >= 4 is 11.7 Å². The highest BCUT2D eigenvalue weighted by Gasteiger charge is 2.42. The average molecular weight is 486 g/mol. The van der Waals surface area contributed by atoms with Crippen molar-refractivity contribution in [2.24, 2.45) is 0 Å². The maximum atomic E-state index is 14.5. The summed E-state index contributed by atoms with van der Waals surface area (Å²) in [6.07, 6.45) is -7.72. The Morgan fingerprint density at radius 1 is 0.971 bits per heavy atom. The highest BCUT2D eigenvalue weighted by Crippen LogP contribution is 2.42. The summed E-state index contributed by atoms with van der Waals surface area (Å²) in [6, 6.07) is 6.15. The van der Waals surface area contributed by atoms with Gasteiger partial charge in [0.2, 0.25) is 0 Å². The van der Waals surface area contributed by atoms with Gasteiger partial charge in [-0.1, -0.05) is 24.3 Å². The van der Waals surface area contributed by atoms with Crippen molar-refractivity contribution < 1.29 is 40.3 Å². The molecule has 1 unspecified atom stereocenters. The molecule has 0 saturated heterocycles. The second-order valence-corrected chi connectivity index (χ2v) is 7.21. The Kier molecular flexibility index (Phi) is 6.85. The summed E-state index contributed by atoms with van der Waals surface area (Å²) in [5, 5.41) is 0. The highest BCUT2D eigenvalue weighted by atomic mass is 19.4. The molecule has 0 aliphatic carbocycles. The third kappa shape index (κ3) is 4.97. The molecule has 0 spiro atoms. The number of halogens is 7. The van der Waals surface area contributed by atoms with Crippen LogP contribution in [0.25, 0.3) is 11.1 Å². The van der Waals surface area contributed by atoms with Crippen LogP contribution >= 0.6 is 0 Å². The van der Waals surface area contributed by atoms with E-state index in [0.717, 1.165) is 12.0 Å². The maximum Gasteiger partial charge on any atom is 0.416 e. The summed E-state index contributed by atoms with van der Waals surface area (Å²) >= 11 is 0. The van der Waals surface area contributed by atoms with E-state index in [0.29, 0.717) is 12.1 Å². The minimum absolute atomic E-state index is 0.0519. The van der Waals surface area contributed by atoms with Crippen LogP contribution < -0.4 is 4.90 Å². The number of hydrogen-bond donors (Lipinski definition) is 0. The summed E-state index contributed by atoms with van der Waals surface area (Å²) in [7, 11) is 2.17. The lowest BCUT2D eigenvalue weighted by Gasteiger charge is -2.31. The first-order chi connectivity index (χ1) is 15.9. The lowest BCUT2D eigenvalue weighted by molar-refractivity contribution is -0.145. The van der Waals surface area contributed by atoms with Crippen LogP contribution in [0, 0.1) is 5.82 Å². The fraction of sp³-hybridized carbons (Fsp3) is 0.217. The van der Waals surface area contributed by atoms with E-state index in [4.69, 9.17) is 0 Å². The van der Waals surface area contributed by atoms with E-state index >= 15 is 0 Å². The van der Waals surface area contributed by atoms with Gasteiger partial charge in [-0.25, -0.2) is 9.18 Å². The van der Waals surface area contributed by atoms with Crippen LogP contribution in [0.1, 0.15) is 22.7 Å². The zero-order chi connectivity index (χ0) is 25.3. The number of ether oxygens (including phenoxy) is 1. The van der Waals surface area contributed by atoms with Crippen molar-refractivity contribution in [3.63, 3.8) is 0 Å². The predicted octanol–water partition coefficient (Wildman–Crippen LogP) is 6.28. The first kappa shape index (κ1) is 25.0. The Bertz CT molecular complexity index is 1190. The van der Waals surface area contributed by atoms with Crippen molar-refractivity contribution in [1.82, 2.24) is 4.98 Å². The molecule has 3 rings (SSSR count). The number of rotatable bonds is 5. The van der Waals surface area contributed by atoms with E-state index in [1.807, 2.05) is 0 Å². The molecule has 11 heteroatoms. The second kappa shape index (κ2) is 9.32. The van der Waals surface area contributed by atoms with Gasteiger partial charge >= 0.3 is 18.3 Å². The number of benzene rings is 2. The van der Waals surface area contributed by atoms with Gasteiger partial charge in [-0.05, 0) is 29.8 Å². The molecule has 0 saturated carbocycles. The molecule has 4 nitrogen and oxygen atoms in total. The molecular formula is C23H17F7N2O2. The molecule has 1 atom stereocenters. The zero-order valence-electron chi connectivity index (χ0n) is 17.7. The minimum Gasteiger partial charge on any atom is -0.467 e. The molecule has 0 radical (unpaired) electrons. The van der Waals surface area contributed by atoms with Gasteiger partial charge in [0.1, 0.15) is 5.82 Å². The molecule has 0 aliphatic rings. The number of carbonyl (C=O) groups excluding carboxylic acids is 1. The fourth-order valence-corrected chi connectivity index (χ4v) is 3.54. The van der Waals surface area contributed by atoms with E-state index in [9.17, 15) is 35.5 Å². The van der Waals surface area contributed by atoms with Crippen LogP contribution in [0.5, 0.6) is 0 Å². The first-order valence-electron chi connectivity index (χ1n) is 9.64. The van der Waals surface area contributed by atoms with Crippen molar-refractivity contribution in [3.05, 3.63) is 83.4 Å². The SMILES string of the molecule is COC(=O)C(c1ccc(C(F)(F)F)cc1C(F)(F)F)N(C)c1cnccc1-c1ccccc1F. The van der Waals surface area contributed by atoms with E-state index in [2.05, 4.69) is 9.72 Å². The number of anilines is 1. The van der Waals surface area contributed by atoms with Crippen molar-refractivity contribution in [3.8, 4) is 11.1 Å². The molecule has 1 aromatic heterocycles. The molecule has 0 amide bonds. The zero-order valence-corrected chi connectivity index (χ0v) is 17.7. The van der Waals surface area contributed by atoms with Gasteiger partial charge in [-0.2, -0.15) is 26.3 Å². The number of hydrogen-bond acceptors (Lipinski definition) is 4. The summed E-state index contributed by atoms with van der Waals surface area (Å²) < 4.78 is 99.9. The smallest absolute Gasteiger partial charge is 0.416 e. The normalized spacial score (nSPS) is 12.9. The van der Waals surface area contributed by atoms with E-state index in [1.165, 1.54) is 49.8 Å². The van der Waals surface area contributed by atoms with Gasteiger partial charge in [0.05, 0.1) is 30.1 Å². The number of pyridine rings is 1. The minimum atomic E-state index is -5.22. The Hall–Kier alpha value is -3.63. The molecule has 0 fully saturated rings. The van der Waals surface area contributed by atoms with Gasteiger partial charge in [-0.3, -0.25) is 4.98 Å². The Labute approximate surface area is 189 Å². The van der Waals surface area contributed by atoms with Crippen LogP contribution in [0.15, 0.2) is 60.9 Å². The standard InChI is InChI=1S/C23H17F7N2O2/c1-32(19-12-31-10-9-15(19)14-5-3-4-6-18(14)24)20(21(33)34-2)16-8-7-13(22(25,26)27)11-17(16)23(28,29)30/h3-12,20H,1-2H3. The van der Waals surface area contributed by atoms with Gasteiger partial charge in [0, 0.05) is 24.4 Å². The van der Waals surface area contributed by atoms with Gasteiger partial charge in [0.25, 0.3) is 0 Å². The number of aromatic nitrogens is 1. The largest absolute Gasteiger partial charge is 0.467 e.